The monoisotopic (exact) mass is 232 g/mol. The van der Waals surface area contributed by atoms with Gasteiger partial charge >= 0.3 is 0 Å². The highest BCUT2D eigenvalue weighted by Gasteiger charge is 2.28. The Bertz CT molecular complexity index is 373. The van der Waals surface area contributed by atoms with E-state index in [9.17, 15) is 4.79 Å². The lowest BCUT2D eigenvalue weighted by Gasteiger charge is -2.24. The lowest BCUT2D eigenvalue weighted by atomic mass is 10.1. The molecule has 0 aliphatic heterocycles. The minimum Gasteiger partial charge on any atom is -0.341 e. The van der Waals surface area contributed by atoms with Crippen molar-refractivity contribution in [1.29, 1.82) is 0 Å². The van der Waals surface area contributed by atoms with Gasteiger partial charge in [0.1, 0.15) is 6.04 Å². The van der Waals surface area contributed by atoms with E-state index in [0.717, 1.165) is 18.7 Å². The van der Waals surface area contributed by atoms with Crippen LogP contribution in [0.3, 0.4) is 0 Å². The number of carbonyl (C=O) groups is 1. The largest absolute Gasteiger partial charge is 0.341 e. The van der Waals surface area contributed by atoms with Gasteiger partial charge in [0.05, 0.1) is 0 Å². The molecule has 0 unspecified atom stereocenters. The fraction of sp³-hybridized carbons (Fsp3) is 0.500. The molecule has 1 aliphatic carbocycles. The molecule has 1 aromatic carbocycles. The molecule has 1 aromatic rings. The van der Waals surface area contributed by atoms with Crippen molar-refractivity contribution >= 4 is 5.91 Å². The summed E-state index contributed by atoms with van der Waals surface area (Å²) >= 11 is 0. The van der Waals surface area contributed by atoms with Crippen LogP contribution in [0.15, 0.2) is 30.3 Å². The van der Waals surface area contributed by atoms with E-state index in [0.29, 0.717) is 5.92 Å². The number of nitrogens with zero attached hydrogens (tertiary/aromatic N) is 1. The van der Waals surface area contributed by atoms with Crippen LogP contribution >= 0.6 is 0 Å². The predicted octanol–water partition coefficient (Wildman–Crippen LogP) is 1.94. The van der Waals surface area contributed by atoms with Gasteiger partial charge in [-0.1, -0.05) is 30.3 Å². The van der Waals surface area contributed by atoms with Crippen LogP contribution in [0.5, 0.6) is 0 Å². The lowest BCUT2D eigenvalue weighted by molar-refractivity contribution is -0.132. The van der Waals surface area contributed by atoms with Gasteiger partial charge in [-0.2, -0.15) is 0 Å². The van der Waals surface area contributed by atoms with E-state index in [1.165, 1.54) is 12.8 Å². The van der Waals surface area contributed by atoms with Crippen LogP contribution in [0.25, 0.3) is 0 Å². The van der Waals surface area contributed by atoms with Crippen LogP contribution in [0, 0.1) is 5.92 Å². The highest BCUT2D eigenvalue weighted by Crippen LogP contribution is 2.30. The van der Waals surface area contributed by atoms with Crippen molar-refractivity contribution in [1.82, 2.24) is 4.90 Å². The molecular formula is C14H20N2O. The van der Waals surface area contributed by atoms with Crippen LogP contribution in [0.1, 0.15) is 31.4 Å². The Kier molecular flexibility index (Phi) is 3.79. The lowest BCUT2D eigenvalue weighted by Crippen LogP contribution is -2.39. The maximum absolute atomic E-state index is 12.2. The number of likely N-dealkylation sites (N-methyl/N-ethyl adjacent to an activating group) is 1. The zero-order valence-corrected chi connectivity index (χ0v) is 10.3. The zero-order chi connectivity index (χ0) is 12.3. The first-order valence-corrected chi connectivity index (χ1v) is 6.31. The molecule has 0 radical (unpaired) electrons. The van der Waals surface area contributed by atoms with Gasteiger partial charge in [0.25, 0.3) is 0 Å². The molecule has 3 nitrogen and oxygen atoms in total. The summed E-state index contributed by atoms with van der Waals surface area (Å²) in [4.78, 5) is 14.1. The summed E-state index contributed by atoms with van der Waals surface area (Å²) < 4.78 is 0. The molecule has 1 fully saturated rings. The van der Waals surface area contributed by atoms with Crippen molar-refractivity contribution in [3.8, 4) is 0 Å². The molecule has 0 bridgehead atoms. The average Bonchev–Trinajstić information content (AvgIpc) is 3.19. The van der Waals surface area contributed by atoms with Gasteiger partial charge in [-0.3, -0.25) is 4.79 Å². The third kappa shape index (κ3) is 3.07. The van der Waals surface area contributed by atoms with Gasteiger partial charge in [-0.15, -0.1) is 0 Å². The minimum absolute atomic E-state index is 0.0469. The molecule has 17 heavy (non-hydrogen) atoms. The maximum atomic E-state index is 12.2. The Morgan fingerprint density at radius 2 is 2.06 bits per heavy atom. The van der Waals surface area contributed by atoms with Crippen molar-refractivity contribution in [2.45, 2.75) is 25.8 Å². The second-order valence-electron chi connectivity index (χ2n) is 4.71. The Morgan fingerprint density at radius 1 is 1.41 bits per heavy atom. The topological polar surface area (TPSA) is 46.3 Å². The number of benzene rings is 1. The summed E-state index contributed by atoms with van der Waals surface area (Å²) in [5.74, 6) is 0.757. The number of hydrogen-bond acceptors (Lipinski definition) is 2. The smallest absolute Gasteiger partial charge is 0.244 e. The van der Waals surface area contributed by atoms with Gasteiger partial charge in [0.15, 0.2) is 0 Å². The third-order valence-electron chi connectivity index (χ3n) is 3.29. The molecule has 0 aromatic heterocycles. The van der Waals surface area contributed by atoms with E-state index in [1.54, 1.807) is 0 Å². The summed E-state index contributed by atoms with van der Waals surface area (Å²) in [5, 5.41) is 0. The van der Waals surface area contributed by atoms with Gasteiger partial charge in [-0.25, -0.2) is 0 Å². The van der Waals surface area contributed by atoms with Crippen molar-refractivity contribution in [3.05, 3.63) is 35.9 Å². The SMILES string of the molecule is CCN(CC1CC1)C(=O)[C@@H](N)c1ccccc1. The summed E-state index contributed by atoms with van der Waals surface area (Å²) in [6.07, 6.45) is 2.51. The molecule has 3 heteroatoms. The van der Waals surface area contributed by atoms with Crippen LogP contribution < -0.4 is 5.73 Å². The summed E-state index contributed by atoms with van der Waals surface area (Å²) in [6.45, 7) is 3.63. The number of rotatable bonds is 5. The molecule has 2 rings (SSSR count). The molecule has 0 saturated heterocycles. The Labute approximate surface area is 103 Å². The van der Waals surface area contributed by atoms with E-state index in [4.69, 9.17) is 5.73 Å². The number of carbonyl (C=O) groups excluding carboxylic acids is 1. The van der Waals surface area contributed by atoms with Crippen molar-refractivity contribution in [3.63, 3.8) is 0 Å². The molecule has 2 N–H and O–H groups in total. The Hall–Kier alpha value is -1.35. The van der Waals surface area contributed by atoms with Gasteiger partial charge in [0.2, 0.25) is 5.91 Å². The molecule has 1 aliphatic rings. The quantitative estimate of drug-likeness (QED) is 0.843. The second-order valence-corrected chi connectivity index (χ2v) is 4.71. The van der Waals surface area contributed by atoms with Crippen LogP contribution in [0.4, 0.5) is 0 Å². The summed E-state index contributed by atoms with van der Waals surface area (Å²) in [6, 6.07) is 9.07. The Balaban J connectivity index is 2.01. The van der Waals surface area contributed by atoms with Crippen molar-refractivity contribution < 1.29 is 4.79 Å². The van der Waals surface area contributed by atoms with Crippen LogP contribution in [0.2, 0.25) is 0 Å². The first kappa shape index (κ1) is 12.1. The van der Waals surface area contributed by atoms with Crippen LogP contribution in [-0.4, -0.2) is 23.9 Å². The first-order valence-electron chi connectivity index (χ1n) is 6.31. The van der Waals surface area contributed by atoms with Crippen LogP contribution in [-0.2, 0) is 4.79 Å². The van der Waals surface area contributed by atoms with E-state index in [-0.39, 0.29) is 5.91 Å². The molecule has 0 spiro atoms. The van der Waals surface area contributed by atoms with Crippen molar-refractivity contribution in [2.24, 2.45) is 11.7 Å². The van der Waals surface area contributed by atoms with E-state index >= 15 is 0 Å². The van der Waals surface area contributed by atoms with Crippen molar-refractivity contribution in [2.75, 3.05) is 13.1 Å². The predicted molar refractivity (Wildman–Crippen MR) is 68.3 cm³/mol. The fourth-order valence-corrected chi connectivity index (χ4v) is 1.99. The van der Waals surface area contributed by atoms with Gasteiger partial charge < -0.3 is 10.6 Å². The summed E-state index contributed by atoms with van der Waals surface area (Å²) in [5.41, 5.74) is 6.92. The standard InChI is InChI=1S/C14H20N2O/c1-2-16(10-11-8-9-11)14(17)13(15)12-6-4-3-5-7-12/h3-7,11,13H,2,8-10,15H2,1H3/t13-/m0/s1. The number of nitrogens with two attached hydrogens (primary N) is 1. The van der Waals surface area contributed by atoms with Gasteiger partial charge in [0, 0.05) is 13.1 Å². The average molecular weight is 232 g/mol. The van der Waals surface area contributed by atoms with E-state index < -0.39 is 6.04 Å². The minimum atomic E-state index is -0.519. The van der Waals surface area contributed by atoms with Gasteiger partial charge in [-0.05, 0) is 31.2 Å². The molecule has 1 atom stereocenters. The first-order chi connectivity index (χ1) is 8.22. The molecular weight excluding hydrogens is 212 g/mol. The van der Waals surface area contributed by atoms with E-state index in [2.05, 4.69) is 0 Å². The second kappa shape index (κ2) is 5.32. The fourth-order valence-electron chi connectivity index (χ4n) is 1.99. The number of hydrogen-bond donors (Lipinski definition) is 1. The van der Waals surface area contributed by atoms with E-state index in [1.807, 2.05) is 42.2 Å². The molecule has 1 saturated carbocycles. The maximum Gasteiger partial charge on any atom is 0.244 e. The molecule has 0 heterocycles. The summed E-state index contributed by atoms with van der Waals surface area (Å²) in [7, 11) is 0. The highest BCUT2D eigenvalue weighted by atomic mass is 16.2. The number of amides is 1. The third-order valence-corrected chi connectivity index (χ3v) is 3.29. The Morgan fingerprint density at radius 3 is 2.59 bits per heavy atom. The molecule has 92 valence electrons. The normalized spacial score (nSPS) is 16.6. The zero-order valence-electron chi connectivity index (χ0n) is 10.3. The highest BCUT2D eigenvalue weighted by molar-refractivity contribution is 5.83. The molecule has 1 amide bonds.